The van der Waals surface area contributed by atoms with E-state index >= 15 is 0 Å². The van der Waals surface area contributed by atoms with Crippen LogP contribution in [0.1, 0.15) is 24.2 Å². The number of carbonyl (C=O) groups is 2. The molecule has 0 radical (unpaired) electrons. The van der Waals surface area contributed by atoms with Gasteiger partial charge >= 0.3 is 5.97 Å². The monoisotopic (exact) mass is 315 g/mol. The van der Waals surface area contributed by atoms with Crippen LogP contribution in [0.4, 0.5) is 0 Å². The molecule has 1 aliphatic carbocycles. The van der Waals surface area contributed by atoms with Gasteiger partial charge in [0, 0.05) is 5.57 Å². The average Bonchev–Trinajstić information content (AvgIpc) is 2.58. The molecule has 0 fully saturated rings. The third-order valence-electron chi connectivity index (χ3n) is 3.56. The van der Waals surface area contributed by atoms with E-state index < -0.39 is 5.97 Å². The van der Waals surface area contributed by atoms with Crippen molar-refractivity contribution < 1.29 is 23.9 Å². The van der Waals surface area contributed by atoms with Crippen molar-refractivity contribution in [3.05, 3.63) is 47.1 Å². The van der Waals surface area contributed by atoms with Gasteiger partial charge in [0.05, 0.1) is 19.8 Å². The van der Waals surface area contributed by atoms with Gasteiger partial charge in [0.1, 0.15) is 5.71 Å². The van der Waals surface area contributed by atoms with Crippen LogP contribution in [0.25, 0.3) is 0 Å². The largest absolute Gasteiger partial charge is 0.493 e. The van der Waals surface area contributed by atoms with Gasteiger partial charge in [0.15, 0.2) is 17.3 Å². The maximum Gasteiger partial charge on any atom is 0.365 e. The molecule has 0 heterocycles. The van der Waals surface area contributed by atoms with Crippen molar-refractivity contribution in [3.63, 3.8) is 0 Å². The molecule has 1 aromatic rings. The zero-order chi connectivity index (χ0) is 17.0. The summed E-state index contributed by atoms with van der Waals surface area (Å²) in [4.78, 5) is 28.5. The van der Waals surface area contributed by atoms with E-state index in [1.165, 1.54) is 32.4 Å². The molecule has 2 rings (SSSR count). The fourth-order valence-electron chi connectivity index (χ4n) is 1.99. The SMILES string of the molecule is COc1ccc(C(=O)O/N=C2/C=CC(=O)C(C)=C2C)cc1OC. The van der Waals surface area contributed by atoms with Crippen molar-refractivity contribution >= 4 is 17.5 Å². The number of nitrogens with zero attached hydrogens (tertiary/aromatic N) is 1. The zero-order valence-electron chi connectivity index (χ0n) is 13.4. The van der Waals surface area contributed by atoms with Crippen LogP contribution in [0.2, 0.25) is 0 Å². The van der Waals surface area contributed by atoms with E-state index in [4.69, 9.17) is 14.3 Å². The number of oxime groups is 1. The highest BCUT2D eigenvalue weighted by Crippen LogP contribution is 2.27. The summed E-state index contributed by atoms with van der Waals surface area (Å²) in [5.74, 6) is 0.227. The number of carbonyl (C=O) groups excluding carboxylic acids is 2. The molecule has 6 nitrogen and oxygen atoms in total. The first-order valence-corrected chi connectivity index (χ1v) is 6.89. The Morgan fingerprint density at radius 3 is 2.35 bits per heavy atom. The van der Waals surface area contributed by atoms with Gasteiger partial charge in [0.25, 0.3) is 0 Å². The summed E-state index contributed by atoms with van der Waals surface area (Å²) in [5, 5.41) is 3.82. The molecule has 0 N–H and O–H groups in total. The Bertz CT molecular complexity index is 743. The molecule has 0 aliphatic heterocycles. The summed E-state index contributed by atoms with van der Waals surface area (Å²) >= 11 is 0. The Hall–Kier alpha value is -2.89. The van der Waals surface area contributed by atoms with Crippen LogP contribution < -0.4 is 9.47 Å². The van der Waals surface area contributed by atoms with E-state index in [2.05, 4.69) is 5.16 Å². The van der Waals surface area contributed by atoms with Gasteiger partial charge < -0.3 is 14.3 Å². The molecule has 120 valence electrons. The predicted octanol–water partition coefficient (Wildman–Crippen LogP) is 2.69. The Balaban J connectivity index is 2.19. The lowest BCUT2D eigenvalue weighted by Gasteiger charge is -2.10. The van der Waals surface area contributed by atoms with E-state index in [1.807, 2.05) is 0 Å². The molecule has 0 atom stereocenters. The molecule has 1 aromatic carbocycles. The summed E-state index contributed by atoms with van der Waals surface area (Å²) in [6, 6.07) is 4.67. The average molecular weight is 315 g/mol. The quantitative estimate of drug-likeness (QED) is 0.485. The lowest BCUT2D eigenvalue weighted by atomic mass is 9.97. The Morgan fingerprint density at radius 2 is 1.70 bits per heavy atom. The summed E-state index contributed by atoms with van der Waals surface area (Å²) in [6.07, 6.45) is 2.91. The van der Waals surface area contributed by atoms with Gasteiger partial charge in [0.2, 0.25) is 0 Å². The maximum atomic E-state index is 12.1. The summed E-state index contributed by atoms with van der Waals surface area (Å²) in [6.45, 7) is 3.45. The first kappa shape index (κ1) is 16.5. The van der Waals surface area contributed by atoms with Crippen LogP contribution in [-0.2, 0) is 9.63 Å². The van der Waals surface area contributed by atoms with Crippen LogP contribution in [0, 0.1) is 0 Å². The molecule has 6 heteroatoms. The van der Waals surface area contributed by atoms with Crippen molar-refractivity contribution in [2.45, 2.75) is 13.8 Å². The zero-order valence-corrected chi connectivity index (χ0v) is 13.4. The highest BCUT2D eigenvalue weighted by molar-refractivity contribution is 6.21. The third-order valence-corrected chi connectivity index (χ3v) is 3.56. The summed E-state index contributed by atoms with van der Waals surface area (Å²) < 4.78 is 10.2. The minimum atomic E-state index is -0.630. The second-order valence-electron chi connectivity index (χ2n) is 4.87. The number of ether oxygens (including phenoxy) is 2. The molecule has 1 aliphatic rings. The molecule has 23 heavy (non-hydrogen) atoms. The van der Waals surface area contributed by atoms with Crippen molar-refractivity contribution in [1.29, 1.82) is 0 Å². The van der Waals surface area contributed by atoms with Gasteiger partial charge in [-0.15, -0.1) is 0 Å². The highest BCUT2D eigenvalue weighted by atomic mass is 16.7. The molecule has 0 unspecified atom stereocenters. The highest BCUT2D eigenvalue weighted by Gasteiger charge is 2.16. The lowest BCUT2D eigenvalue weighted by molar-refractivity contribution is -0.111. The standard InChI is InChI=1S/C17H17NO5/c1-10-11(2)14(19)7-6-13(10)18-23-17(20)12-5-8-15(21-3)16(9-12)22-4/h5-9H,1-4H3/b18-13-. The molecule has 0 spiro atoms. The predicted molar refractivity (Wildman–Crippen MR) is 84.9 cm³/mol. The third kappa shape index (κ3) is 3.48. The smallest absolute Gasteiger partial charge is 0.365 e. The minimum Gasteiger partial charge on any atom is -0.493 e. The van der Waals surface area contributed by atoms with Gasteiger partial charge in [-0.25, -0.2) is 4.79 Å². The molecule has 0 saturated carbocycles. The van der Waals surface area contributed by atoms with Crippen LogP contribution in [0.3, 0.4) is 0 Å². The fraction of sp³-hybridized carbons (Fsp3) is 0.235. The van der Waals surface area contributed by atoms with Crippen molar-refractivity contribution in [2.24, 2.45) is 5.16 Å². The van der Waals surface area contributed by atoms with E-state index in [9.17, 15) is 9.59 Å². The first-order valence-electron chi connectivity index (χ1n) is 6.89. The van der Waals surface area contributed by atoms with Gasteiger partial charge in [-0.05, 0) is 49.8 Å². The Morgan fingerprint density at radius 1 is 1.00 bits per heavy atom. The summed E-state index contributed by atoms with van der Waals surface area (Å²) in [5.41, 5.74) is 1.98. The second-order valence-corrected chi connectivity index (χ2v) is 4.87. The van der Waals surface area contributed by atoms with E-state index in [-0.39, 0.29) is 11.3 Å². The molecular formula is C17H17NO5. The summed E-state index contributed by atoms with van der Waals surface area (Å²) in [7, 11) is 2.99. The van der Waals surface area contributed by atoms with E-state index in [0.29, 0.717) is 28.4 Å². The molecular weight excluding hydrogens is 298 g/mol. The fourth-order valence-corrected chi connectivity index (χ4v) is 1.99. The molecule has 0 amide bonds. The number of ketones is 1. The number of allylic oxidation sites excluding steroid dienone is 4. The van der Waals surface area contributed by atoms with Gasteiger partial charge in [-0.2, -0.15) is 0 Å². The Kier molecular flexibility index (Phi) is 4.95. The van der Waals surface area contributed by atoms with Crippen molar-refractivity contribution in [1.82, 2.24) is 0 Å². The molecule has 0 saturated heterocycles. The van der Waals surface area contributed by atoms with Crippen molar-refractivity contribution in [3.8, 4) is 11.5 Å². The Labute approximate surface area is 134 Å². The number of hydrogen-bond acceptors (Lipinski definition) is 6. The number of rotatable bonds is 4. The minimum absolute atomic E-state index is 0.0762. The van der Waals surface area contributed by atoms with Crippen LogP contribution in [0.15, 0.2) is 46.7 Å². The van der Waals surface area contributed by atoms with Crippen LogP contribution >= 0.6 is 0 Å². The molecule has 0 bridgehead atoms. The maximum absolute atomic E-state index is 12.1. The molecule has 0 aromatic heterocycles. The van der Waals surface area contributed by atoms with E-state index in [1.54, 1.807) is 26.0 Å². The van der Waals surface area contributed by atoms with E-state index in [0.717, 1.165) is 0 Å². The number of methoxy groups -OCH3 is 2. The van der Waals surface area contributed by atoms with Crippen molar-refractivity contribution in [2.75, 3.05) is 14.2 Å². The van der Waals surface area contributed by atoms with Gasteiger partial charge in [-0.3, -0.25) is 4.79 Å². The van der Waals surface area contributed by atoms with Gasteiger partial charge in [-0.1, -0.05) is 5.16 Å². The second kappa shape index (κ2) is 6.91. The normalized spacial score (nSPS) is 15.8. The van der Waals surface area contributed by atoms with Crippen LogP contribution in [-0.4, -0.2) is 31.7 Å². The van der Waals surface area contributed by atoms with Crippen LogP contribution in [0.5, 0.6) is 11.5 Å². The lowest BCUT2D eigenvalue weighted by Crippen LogP contribution is -2.12. The first-order chi connectivity index (χ1) is 11.0. The number of benzene rings is 1. The number of hydrogen-bond donors (Lipinski definition) is 0. The topological polar surface area (TPSA) is 74.2 Å².